The Kier molecular flexibility index (Phi) is 2.39. The van der Waals surface area contributed by atoms with E-state index in [0.717, 1.165) is 0 Å². The predicted octanol–water partition coefficient (Wildman–Crippen LogP) is 2.00. The largest absolute Gasteiger partial charge is 0.301 e. The minimum atomic E-state index is -4.61. The minimum Gasteiger partial charge on any atom is -0.301 e. The third-order valence-electron chi connectivity index (χ3n) is 3.52. The highest BCUT2D eigenvalue weighted by Gasteiger charge is 2.53. The summed E-state index contributed by atoms with van der Waals surface area (Å²) in [6.45, 7) is 0. The molecule has 0 amide bonds. The molecule has 0 saturated heterocycles. The van der Waals surface area contributed by atoms with Gasteiger partial charge in [-0.1, -0.05) is 48.5 Å². The van der Waals surface area contributed by atoms with E-state index in [1.807, 2.05) is 0 Å². The molecule has 1 N–H and O–H groups in total. The molecular weight excluding hydrogens is 264 g/mol. The summed E-state index contributed by atoms with van der Waals surface area (Å²) in [6.07, 6.45) is 0.299. The monoisotopic (exact) mass is 274 g/mol. The van der Waals surface area contributed by atoms with Gasteiger partial charge in [-0.3, -0.25) is 4.55 Å². The highest BCUT2D eigenvalue weighted by atomic mass is 32.2. The van der Waals surface area contributed by atoms with Crippen LogP contribution in [0.1, 0.15) is 11.1 Å². The lowest BCUT2D eigenvalue weighted by Gasteiger charge is -2.21. The molecule has 3 rings (SSSR count). The van der Waals surface area contributed by atoms with E-state index in [0.29, 0.717) is 28.5 Å². The van der Waals surface area contributed by atoms with Gasteiger partial charge in [0.1, 0.15) is 0 Å². The van der Waals surface area contributed by atoms with Crippen molar-refractivity contribution in [2.45, 2.75) is 4.75 Å². The molecule has 0 bridgehead atoms. The Hall–Kier alpha value is -1.98. The zero-order valence-corrected chi connectivity index (χ0v) is 10.6. The normalized spacial score (nSPS) is 15.6. The summed E-state index contributed by atoms with van der Waals surface area (Å²) in [5, 5.41) is 0. The molecule has 0 spiro atoms. The van der Waals surface area contributed by atoms with Gasteiger partial charge in [-0.05, 0) is 22.3 Å². The first-order chi connectivity index (χ1) is 9.02. The highest BCUT2D eigenvalue weighted by Crippen LogP contribution is 2.50. The molecule has 2 aromatic rings. The molecule has 2 aromatic carbocycles. The van der Waals surface area contributed by atoms with Crippen molar-refractivity contribution in [2.75, 3.05) is 0 Å². The van der Waals surface area contributed by atoms with Crippen LogP contribution in [-0.4, -0.2) is 19.3 Å². The summed E-state index contributed by atoms with van der Waals surface area (Å²) in [4.78, 5) is 11.6. The molecule has 19 heavy (non-hydrogen) atoms. The number of benzene rings is 2. The van der Waals surface area contributed by atoms with E-state index >= 15 is 0 Å². The predicted molar refractivity (Wildman–Crippen MR) is 70.3 cm³/mol. The molecule has 0 aliphatic heterocycles. The second kappa shape index (κ2) is 3.76. The molecular formula is C14H10O4S. The molecule has 1 aliphatic carbocycles. The fourth-order valence-corrected chi connectivity index (χ4v) is 3.73. The molecule has 0 radical (unpaired) electrons. The Morgan fingerprint density at radius 1 is 0.895 bits per heavy atom. The Morgan fingerprint density at radius 2 is 1.32 bits per heavy atom. The van der Waals surface area contributed by atoms with Gasteiger partial charge in [-0.25, -0.2) is 0 Å². The molecule has 5 heteroatoms. The fourth-order valence-electron chi connectivity index (χ4n) is 2.69. The molecule has 0 unspecified atom stereocenters. The van der Waals surface area contributed by atoms with Crippen molar-refractivity contribution in [2.24, 2.45) is 0 Å². The zero-order valence-electron chi connectivity index (χ0n) is 9.78. The van der Waals surface area contributed by atoms with Crippen molar-refractivity contribution in [3.8, 4) is 11.1 Å². The first-order valence-electron chi connectivity index (χ1n) is 5.65. The molecule has 0 heterocycles. The van der Waals surface area contributed by atoms with E-state index in [2.05, 4.69) is 0 Å². The number of rotatable bonds is 2. The molecule has 1 aliphatic rings. The van der Waals surface area contributed by atoms with Crippen molar-refractivity contribution < 1.29 is 17.8 Å². The second-order valence-electron chi connectivity index (χ2n) is 4.42. The van der Waals surface area contributed by atoms with Gasteiger partial charge in [0.25, 0.3) is 10.1 Å². The average Bonchev–Trinajstić information content (AvgIpc) is 2.69. The van der Waals surface area contributed by atoms with Crippen LogP contribution in [0.15, 0.2) is 48.5 Å². The molecule has 0 fully saturated rings. The number of carbonyl (C=O) groups excluding carboxylic acids is 1. The Bertz CT molecular complexity index is 732. The Morgan fingerprint density at radius 3 is 1.68 bits per heavy atom. The number of fused-ring (bicyclic) bond motifs is 3. The summed E-state index contributed by atoms with van der Waals surface area (Å²) >= 11 is 0. The fraction of sp³-hybridized carbons (Fsp3) is 0.0714. The summed E-state index contributed by atoms with van der Waals surface area (Å²) in [7, 11) is -4.61. The average molecular weight is 274 g/mol. The third-order valence-corrected chi connectivity index (χ3v) is 4.87. The summed E-state index contributed by atoms with van der Waals surface area (Å²) in [5.41, 5.74) is 1.91. The van der Waals surface area contributed by atoms with Gasteiger partial charge in [-0.2, -0.15) is 8.42 Å². The van der Waals surface area contributed by atoms with Gasteiger partial charge in [0.05, 0.1) is 0 Å². The van der Waals surface area contributed by atoms with Crippen LogP contribution < -0.4 is 0 Å². The number of carbonyl (C=O) groups is 1. The van der Waals surface area contributed by atoms with E-state index in [9.17, 15) is 17.8 Å². The maximum atomic E-state index is 11.8. The van der Waals surface area contributed by atoms with Gasteiger partial charge < -0.3 is 4.79 Å². The van der Waals surface area contributed by atoms with Crippen molar-refractivity contribution in [1.29, 1.82) is 0 Å². The first kappa shape index (κ1) is 12.1. The maximum absolute atomic E-state index is 11.8. The van der Waals surface area contributed by atoms with E-state index in [1.54, 1.807) is 48.5 Å². The number of aldehydes is 1. The topological polar surface area (TPSA) is 71.4 Å². The SMILES string of the molecule is O=CC1(S(=O)(=O)O)c2ccccc2-c2ccccc21. The number of hydrogen-bond acceptors (Lipinski definition) is 3. The molecule has 0 atom stereocenters. The van der Waals surface area contributed by atoms with E-state index in [-0.39, 0.29) is 0 Å². The van der Waals surface area contributed by atoms with Crippen molar-refractivity contribution in [3.63, 3.8) is 0 Å². The smallest absolute Gasteiger partial charge is 0.286 e. The van der Waals surface area contributed by atoms with Crippen LogP contribution >= 0.6 is 0 Å². The quantitative estimate of drug-likeness (QED) is 0.671. The lowest BCUT2D eigenvalue weighted by atomic mass is 9.97. The van der Waals surface area contributed by atoms with Crippen LogP contribution in [0.2, 0.25) is 0 Å². The van der Waals surface area contributed by atoms with Crippen LogP contribution in [0, 0.1) is 0 Å². The summed E-state index contributed by atoms with van der Waals surface area (Å²) in [6, 6.07) is 13.4. The number of hydrogen-bond donors (Lipinski definition) is 1. The Balaban J connectivity index is 2.54. The van der Waals surface area contributed by atoms with Gasteiger partial charge in [0, 0.05) is 0 Å². The van der Waals surface area contributed by atoms with Crippen LogP contribution in [0.25, 0.3) is 11.1 Å². The second-order valence-corrected chi connectivity index (χ2v) is 6.01. The maximum Gasteiger partial charge on any atom is 0.286 e. The summed E-state index contributed by atoms with van der Waals surface area (Å²) < 4.78 is 31.3. The van der Waals surface area contributed by atoms with Crippen molar-refractivity contribution in [3.05, 3.63) is 59.7 Å². The van der Waals surface area contributed by atoms with Gasteiger partial charge in [0.15, 0.2) is 6.29 Å². The highest BCUT2D eigenvalue weighted by molar-refractivity contribution is 7.87. The lowest BCUT2D eigenvalue weighted by molar-refractivity contribution is -0.109. The standard InChI is InChI=1S/C14H10O4S/c15-9-14(19(16,17)18)12-7-3-1-5-10(12)11-6-2-4-8-13(11)14/h1-9H,(H,16,17,18). The van der Waals surface area contributed by atoms with Gasteiger partial charge in [0.2, 0.25) is 4.75 Å². The third kappa shape index (κ3) is 1.37. The van der Waals surface area contributed by atoms with Crippen LogP contribution in [-0.2, 0) is 19.7 Å². The molecule has 0 aromatic heterocycles. The van der Waals surface area contributed by atoms with Crippen LogP contribution in [0.4, 0.5) is 0 Å². The van der Waals surface area contributed by atoms with Crippen LogP contribution in [0.5, 0.6) is 0 Å². The van der Waals surface area contributed by atoms with Gasteiger partial charge in [-0.15, -0.1) is 0 Å². The molecule has 96 valence electrons. The van der Waals surface area contributed by atoms with E-state index in [4.69, 9.17) is 0 Å². The Labute approximate surface area is 110 Å². The zero-order chi connectivity index (χ0) is 13.7. The molecule has 0 saturated carbocycles. The van der Waals surface area contributed by atoms with Crippen LogP contribution in [0.3, 0.4) is 0 Å². The summed E-state index contributed by atoms with van der Waals surface area (Å²) in [5.74, 6) is 0. The molecule has 4 nitrogen and oxygen atoms in total. The lowest BCUT2D eigenvalue weighted by Crippen LogP contribution is -2.36. The minimum absolute atomic E-state index is 0.299. The van der Waals surface area contributed by atoms with Gasteiger partial charge >= 0.3 is 0 Å². The first-order valence-corrected chi connectivity index (χ1v) is 7.09. The van der Waals surface area contributed by atoms with E-state index in [1.165, 1.54) is 0 Å². The van der Waals surface area contributed by atoms with Crippen molar-refractivity contribution in [1.82, 2.24) is 0 Å². The van der Waals surface area contributed by atoms with E-state index < -0.39 is 14.9 Å². The van der Waals surface area contributed by atoms with Crippen molar-refractivity contribution >= 4 is 16.4 Å².